The van der Waals surface area contributed by atoms with E-state index in [9.17, 15) is 8.42 Å². The van der Waals surface area contributed by atoms with Crippen LogP contribution >= 0.6 is 11.6 Å². The number of allylic oxidation sites excluding steroid dienone is 1. The second-order valence-electron chi connectivity index (χ2n) is 5.21. The van der Waals surface area contributed by atoms with E-state index >= 15 is 0 Å². The van der Waals surface area contributed by atoms with Crippen LogP contribution in [-0.2, 0) is 9.84 Å². The van der Waals surface area contributed by atoms with Crippen LogP contribution in [0.15, 0.2) is 47.4 Å². The molecule has 5 unspecified atom stereocenters. The predicted octanol–water partition coefficient (Wildman–Crippen LogP) is 2.25. The minimum atomic E-state index is -3.23. The van der Waals surface area contributed by atoms with E-state index in [1.54, 1.807) is 24.3 Å². The molecule has 3 saturated carbocycles. The molecule has 3 fully saturated rings. The standard InChI is InChI=1S/C13H11ClO2S/c1-7-9-11(14)13(9)10(7)12(13)17(15,16)8-5-3-2-4-6-8/h2-6,9-12H,1H2. The smallest absolute Gasteiger partial charge is 0.182 e. The van der Waals surface area contributed by atoms with Crippen LogP contribution in [0.5, 0.6) is 0 Å². The van der Waals surface area contributed by atoms with Crippen LogP contribution in [0.25, 0.3) is 0 Å². The van der Waals surface area contributed by atoms with E-state index in [0.29, 0.717) is 4.90 Å². The van der Waals surface area contributed by atoms with E-state index in [2.05, 4.69) is 6.58 Å². The first-order valence-electron chi connectivity index (χ1n) is 5.65. The Morgan fingerprint density at radius 2 is 1.82 bits per heavy atom. The fraction of sp³-hybridized carbons (Fsp3) is 0.385. The highest BCUT2D eigenvalue weighted by Crippen LogP contribution is 2.91. The Balaban J connectivity index is 1.78. The minimum absolute atomic E-state index is 0.00323. The SMILES string of the molecule is C=C1C2C(Cl)C23C1C3S(=O)(=O)c1ccccc1. The zero-order chi connectivity index (χ0) is 12.0. The maximum Gasteiger partial charge on any atom is 0.182 e. The molecule has 3 aliphatic rings. The topological polar surface area (TPSA) is 34.1 Å². The number of benzene rings is 1. The van der Waals surface area contributed by atoms with Gasteiger partial charge in [-0.3, -0.25) is 0 Å². The summed E-state index contributed by atoms with van der Waals surface area (Å²) in [5.41, 5.74) is 0.919. The molecule has 2 nitrogen and oxygen atoms in total. The van der Waals surface area contributed by atoms with Gasteiger partial charge in [-0.25, -0.2) is 8.42 Å². The van der Waals surface area contributed by atoms with Crippen LogP contribution < -0.4 is 0 Å². The van der Waals surface area contributed by atoms with Crippen molar-refractivity contribution in [2.75, 3.05) is 0 Å². The second-order valence-corrected chi connectivity index (χ2v) is 7.75. The summed E-state index contributed by atoms with van der Waals surface area (Å²) in [5.74, 6) is 0.387. The van der Waals surface area contributed by atoms with Crippen LogP contribution in [0, 0.1) is 17.3 Å². The number of hydrogen-bond donors (Lipinski definition) is 0. The lowest BCUT2D eigenvalue weighted by Crippen LogP contribution is -2.10. The van der Waals surface area contributed by atoms with Gasteiger partial charge in [-0.1, -0.05) is 30.4 Å². The average Bonchev–Trinajstić information content (AvgIpc) is 3.11. The van der Waals surface area contributed by atoms with Crippen molar-refractivity contribution in [3.05, 3.63) is 42.5 Å². The molecule has 1 aromatic carbocycles. The molecule has 88 valence electrons. The van der Waals surface area contributed by atoms with Crippen LogP contribution in [0.1, 0.15) is 0 Å². The summed E-state index contributed by atoms with van der Waals surface area (Å²) >= 11 is 6.19. The molecule has 0 aromatic heterocycles. The number of hydrogen-bond acceptors (Lipinski definition) is 2. The first-order valence-corrected chi connectivity index (χ1v) is 7.64. The predicted molar refractivity (Wildman–Crippen MR) is 65.6 cm³/mol. The summed E-state index contributed by atoms with van der Waals surface area (Å²) in [6, 6.07) is 8.65. The van der Waals surface area contributed by atoms with Crippen molar-refractivity contribution in [2.45, 2.75) is 15.5 Å². The van der Waals surface area contributed by atoms with Gasteiger partial charge in [-0.15, -0.1) is 11.6 Å². The van der Waals surface area contributed by atoms with Gasteiger partial charge in [0.05, 0.1) is 10.1 Å². The lowest BCUT2D eigenvalue weighted by molar-refractivity contribution is 0.588. The quantitative estimate of drug-likeness (QED) is 0.608. The van der Waals surface area contributed by atoms with E-state index in [1.807, 2.05) is 6.07 Å². The average molecular weight is 267 g/mol. The molecule has 1 spiro atoms. The highest BCUT2D eigenvalue weighted by atomic mass is 35.5. The lowest BCUT2D eigenvalue weighted by Gasteiger charge is -2.08. The minimum Gasteiger partial charge on any atom is -0.223 e. The Kier molecular flexibility index (Phi) is 1.57. The first kappa shape index (κ1) is 10.2. The Hall–Kier alpha value is -0.800. The Bertz CT molecular complexity index is 637. The molecular formula is C13H11ClO2S. The van der Waals surface area contributed by atoms with Crippen LogP contribution in [-0.4, -0.2) is 19.0 Å². The lowest BCUT2D eigenvalue weighted by atomic mass is 9.95. The molecule has 4 heteroatoms. The molecule has 0 heterocycles. The molecule has 5 atom stereocenters. The highest BCUT2D eigenvalue weighted by molar-refractivity contribution is 7.92. The zero-order valence-corrected chi connectivity index (χ0v) is 10.6. The van der Waals surface area contributed by atoms with E-state index in [-0.39, 0.29) is 27.9 Å². The van der Waals surface area contributed by atoms with Crippen molar-refractivity contribution < 1.29 is 8.42 Å². The fourth-order valence-corrected chi connectivity index (χ4v) is 7.09. The van der Waals surface area contributed by atoms with Gasteiger partial charge in [0.15, 0.2) is 9.84 Å². The van der Waals surface area contributed by atoms with E-state index in [4.69, 9.17) is 11.6 Å². The van der Waals surface area contributed by atoms with E-state index in [0.717, 1.165) is 5.57 Å². The third-order valence-corrected chi connectivity index (χ3v) is 7.54. The Morgan fingerprint density at radius 1 is 1.18 bits per heavy atom. The summed E-state index contributed by atoms with van der Waals surface area (Å²) in [5, 5.41) is -0.305. The van der Waals surface area contributed by atoms with E-state index < -0.39 is 9.84 Å². The summed E-state index contributed by atoms with van der Waals surface area (Å²) in [4.78, 5) is 0.413. The molecule has 0 bridgehead atoms. The van der Waals surface area contributed by atoms with Crippen molar-refractivity contribution in [2.24, 2.45) is 17.3 Å². The molecule has 0 aliphatic heterocycles. The molecular weight excluding hydrogens is 256 g/mol. The maximum absolute atomic E-state index is 12.5. The van der Waals surface area contributed by atoms with Gasteiger partial charge < -0.3 is 0 Å². The second kappa shape index (κ2) is 2.62. The van der Waals surface area contributed by atoms with Crippen LogP contribution in [0.3, 0.4) is 0 Å². The molecule has 3 aliphatic carbocycles. The highest BCUT2D eigenvalue weighted by Gasteiger charge is 2.96. The Morgan fingerprint density at radius 3 is 2.29 bits per heavy atom. The molecule has 4 rings (SSSR count). The summed E-state index contributed by atoms with van der Waals surface area (Å²) in [6.07, 6.45) is 0. The number of halogens is 1. The molecule has 0 amide bonds. The Labute approximate surface area is 105 Å². The normalized spacial score (nSPS) is 45.6. The molecule has 0 saturated heterocycles. The third kappa shape index (κ3) is 0.869. The molecule has 17 heavy (non-hydrogen) atoms. The maximum atomic E-state index is 12.5. The number of alkyl halides is 1. The van der Waals surface area contributed by atoms with Gasteiger partial charge in [0, 0.05) is 22.6 Å². The van der Waals surface area contributed by atoms with Crippen molar-refractivity contribution in [3.63, 3.8) is 0 Å². The van der Waals surface area contributed by atoms with Crippen molar-refractivity contribution in [3.8, 4) is 0 Å². The first-order chi connectivity index (χ1) is 8.04. The van der Waals surface area contributed by atoms with E-state index in [1.165, 1.54) is 0 Å². The van der Waals surface area contributed by atoms with Crippen LogP contribution in [0.4, 0.5) is 0 Å². The van der Waals surface area contributed by atoms with Gasteiger partial charge in [0.1, 0.15) is 0 Å². The van der Waals surface area contributed by atoms with Crippen molar-refractivity contribution in [1.29, 1.82) is 0 Å². The van der Waals surface area contributed by atoms with Gasteiger partial charge in [-0.05, 0) is 12.1 Å². The van der Waals surface area contributed by atoms with Crippen molar-refractivity contribution >= 4 is 21.4 Å². The summed E-state index contributed by atoms with van der Waals surface area (Å²) in [6.45, 7) is 3.96. The zero-order valence-electron chi connectivity index (χ0n) is 9.01. The van der Waals surface area contributed by atoms with Crippen LogP contribution in [0.2, 0.25) is 0 Å². The van der Waals surface area contributed by atoms with Gasteiger partial charge in [0.2, 0.25) is 0 Å². The number of sulfone groups is 1. The van der Waals surface area contributed by atoms with Gasteiger partial charge in [0.25, 0.3) is 0 Å². The summed E-state index contributed by atoms with van der Waals surface area (Å²) < 4.78 is 25.0. The largest absolute Gasteiger partial charge is 0.223 e. The number of rotatable bonds is 2. The molecule has 1 aromatic rings. The third-order valence-electron chi connectivity index (χ3n) is 4.63. The molecule has 0 N–H and O–H groups in total. The van der Waals surface area contributed by atoms with Crippen molar-refractivity contribution in [1.82, 2.24) is 0 Å². The monoisotopic (exact) mass is 266 g/mol. The fourth-order valence-electron chi connectivity index (χ4n) is 3.80. The van der Waals surface area contributed by atoms with Gasteiger partial charge in [-0.2, -0.15) is 0 Å². The summed E-state index contributed by atoms with van der Waals surface area (Å²) in [7, 11) is -3.23. The molecule has 0 radical (unpaired) electrons. The van der Waals surface area contributed by atoms with Gasteiger partial charge >= 0.3 is 0 Å².